The fourth-order valence-corrected chi connectivity index (χ4v) is 14.0. The Morgan fingerprint density at radius 1 is 0.800 bits per heavy atom. The Balaban J connectivity index is 0.838. The molecular weight excluding hydrogens is 1220 g/mol. The summed E-state index contributed by atoms with van der Waals surface area (Å²) in [6.07, 6.45) is 0.543. The van der Waals surface area contributed by atoms with Crippen molar-refractivity contribution in [2.75, 3.05) is 32.8 Å². The predicted octanol–water partition coefficient (Wildman–Crippen LogP) is 8.32. The Labute approximate surface area is 529 Å². The number of nitrogens with zero attached hydrogens (tertiary/aromatic N) is 4. The molecule has 20 nitrogen and oxygen atoms in total. The Hall–Kier alpha value is -7.47. The number of benzene rings is 4. The number of amides is 7. The van der Waals surface area contributed by atoms with Crippen molar-refractivity contribution in [1.82, 2.24) is 41.0 Å². The van der Waals surface area contributed by atoms with Crippen molar-refractivity contribution in [3.63, 3.8) is 0 Å². The van der Waals surface area contributed by atoms with E-state index in [2.05, 4.69) is 26.3 Å². The van der Waals surface area contributed by atoms with E-state index in [1.54, 1.807) is 81.5 Å². The van der Waals surface area contributed by atoms with Crippen molar-refractivity contribution in [1.29, 1.82) is 0 Å². The largest absolute Gasteiger partial charge is 0.484 e. The molecule has 9 rings (SSSR count). The summed E-state index contributed by atoms with van der Waals surface area (Å²) in [6.45, 7) is 14.5. The van der Waals surface area contributed by atoms with Crippen molar-refractivity contribution in [3.8, 4) is 16.2 Å². The zero-order valence-electron chi connectivity index (χ0n) is 51.5. The lowest BCUT2D eigenvalue weighted by Gasteiger charge is -2.43. The maximum Gasteiger partial charge on any atom is 0.399 e. The second-order valence-electron chi connectivity index (χ2n) is 25.6. The third-order valence-corrected chi connectivity index (χ3v) is 19.9. The molecule has 2 saturated heterocycles. The van der Waals surface area contributed by atoms with Crippen LogP contribution in [0.5, 0.6) is 5.75 Å². The van der Waals surface area contributed by atoms with Gasteiger partial charge in [0.05, 0.1) is 33.1 Å². The first-order valence-electron chi connectivity index (χ1n) is 29.9. The number of hydrogen-bond acceptors (Lipinski definition) is 13. The summed E-state index contributed by atoms with van der Waals surface area (Å²) in [7, 11) is -5.88. The van der Waals surface area contributed by atoms with E-state index in [0.29, 0.717) is 23.4 Å². The van der Waals surface area contributed by atoms with Gasteiger partial charge in [0.25, 0.3) is 11.8 Å². The minimum atomic E-state index is -5.88. The average Bonchev–Trinajstić information content (AvgIpc) is 1.22. The first-order valence-corrected chi connectivity index (χ1v) is 33.2. The molecule has 6 aromatic rings. The number of rotatable bonds is 19. The summed E-state index contributed by atoms with van der Waals surface area (Å²) < 4.78 is 47.4. The van der Waals surface area contributed by atoms with Gasteiger partial charge in [-0.25, -0.2) is 4.98 Å². The number of hydrogen-bond donors (Lipinski definition) is 7. The highest BCUT2D eigenvalue weighted by Gasteiger charge is 2.51. The van der Waals surface area contributed by atoms with Crippen LogP contribution in [0.25, 0.3) is 20.5 Å². The fourth-order valence-electron chi connectivity index (χ4n) is 11.8. The molecule has 0 saturated carbocycles. The van der Waals surface area contributed by atoms with Crippen LogP contribution in [0.3, 0.4) is 0 Å². The van der Waals surface area contributed by atoms with Gasteiger partial charge in [-0.1, -0.05) is 108 Å². The number of fused-ring (bicyclic) bond motifs is 2. The van der Waals surface area contributed by atoms with E-state index < -0.39 is 108 Å². The lowest BCUT2D eigenvalue weighted by Crippen LogP contribution is -2.61. The Bertz CT molecular complexity index is 3720. The van der Waals surface area contributed by atoms with Gasteiger partial charge in [0, 0.05) is 68.2 Å². The fraction of sp³-hybridized carbons (Fsp3) is 0.446. The zero-order valence-corrected chi connectivity index (χ0v) is 54.0. The normalized spacial score (nSPS) is 19.1. The van der Waals surface area contributed by atoms with E-state index in [0.717, 1.165) is 69.1 Å². The van der Waals surface area contributed by atoms with Crippen LogP contribution in [0.2, 0.25) is 0 Å². The molecular formula is C65H77F2N8O12PS2. The molecule has 0 aliphatic carbocycles. The van der Waals surface area contributed by atoms with Gasteiger partial charge < -0.3 is 55.6 Å². The van der Waals surface area contributed by atoms with Gasteiger partial charge in [0.15, 0.2) is 6.61 Å². The van der Waals surface area contributed by atoms with E-state index in [1.807, 2.05) is 68.4 Å². The van der Waals surface area contributed by atoms with E-state index in [1.165, 1.54) is 21.9 Å². The number of β-amino-alcohol motifs (C(OH)–C–C–N with tert-alkyl or cyclic N) is 1. The molecule has 7 N–H and O–H groups in total. The number of ether oxygens (including phenoxy) is 1. The monoisotopic (exact) mass is 1290 g/mol. The van der Waals surface area contributed by atoms with Crippen molar-refractivity contribution >= 4 is 81.7 Å². The summed E-state index contributed by atoms with van der Waals surface area (Å²) in [4.78, 5) is 128. The van der Waals surface area contributed by atoms with Gasteiger partial charge in [-0.15, -0.1) is 22.7 Å². The number of aliphatic hydroxyl groups is 1. The lowest BCUT2D eigenvalue weighted by atomic mass is 9.83. The molecule has 3 aliphatic heterocycles. The summed E-state index contributed by atoms with van der Waals surface area (Å²) >= 11 is 2.48. The number of carbonyl (C=O) groups is 7. The number of aromatic nitrogens is 1. The van der Waals surface area contributed by atoms with E-state index in [9.17, 15) is 57.0 Å². The highest BCUT2D eigenvalue weighted by molar-refractivity contribution is 7.52. The van der Waals surface area contributed by atoms with Crippen LogP contribution in [0.4, 0.5) is 8.78 Å². The van der Waals surface area contributed by atoms with Crippen LogP contribution in [0.15, 0.2) is 103 Å². The molecule has 2 aromatic heterocycles. The molecule has 3 aliphatic rings. The van der Waals surface area contributed by atoms with Gasteiger partial charge in [0.1, 0.15) is 29.9 Å². The molecule has 4 aromatic carbocycles. The molecule has 480 valence electrons. The summed E-state index contributed by atoms with van der Waals surface area (Å²) in [5, 5.41) is 22.2. The second-order valence-corrected chi connectivity index (χ2v) is 29.2. The van der Waals surface area contributed by atoms with E-state index in [4.69, 9.17) is 4.74 Å². The molecule has 0 unspecified atom stereocenters. The number of aliphatic hydroxyl groups excluding tert-OH is 1. The third kappa shape index (κ3) is 15.3. The standard InChI is InChI=1S/C65H77F2N8O12PS2/c1-37(39-16-18-41(19-17-39)55-38(2)69-36-89-55)70-58(79)49-31-47(76)34-75(49)61(82)56(63(3,4)5)71-53(77)24-25-68-54(78)35-87-48-22-20-42-29-50(60(81)73-26-12-15-43(32-73)40-13-10-9-11-14-40)74(33-45(42)28-48)62(83)57(64(6,7)8)72-59(80)52-30-44-27-46(21-23-51(44)90-52)65(66,67)88(84,85)86/h9-11,13-14,16-23,27-28,30,36-37,43,47,49-50,56-57,76H,12,15,24-26,29,31-35H2,1-8H3,(H,68,78)(H,70,79)(H,71,77)(H,72,80)(H2,84,85,86)/t37-,43-,47+,49-,50-,56+,57+/m0/s1. The van der Waals surface area contributed by atoms with Gasteiger partial charge >= 0.3 is 13.3 Å². The molecule has 90 heavy (non-hydrogen) atoms. The minimum Gasteiger partial charge on any atom is -0.484 e. The maximum absolute atomic E-state index is 15.3. The Kier molecular flexibility index (Phi) is 20.2. The van der Waals surface area contributed by atoms with Gasteiger partial charge in [0.2, 0.25) is 29.5 Å². The Morgan fingerprint density at radius 2 is 1.49 bits per heavy atom. The first-order chi connectivity index (χ1) is 42.4. The van der Waals surface area contributed by atoms with Crippen LogP contribution < -0.4 is 26.0 Å². The van der Waals surface area contributed by atoms with Crippen molar-refractivity contribution in [2.45, 2.75) is 142 Å². The zero-order chi connectivity index (χ0) is 65.2. The minimum absolute atomic E-state index is 0.0122. The molecule has 5 heterocycles. The summed E-state index contributed by atoms with van der Waals surface area (Å²) in [6, 6.07) is 22.4. The number of thiophene rings is 1. The van der Waals surface area contributed by atoms with Crippen LogP contribution in [0, 0.1) is 17.8 Å². The van der Waals surface area contributed by atoms with Gasteiger partial charge in [-0.2, -0.15) is 8.78 Å². The first kappa shape index (κ1) is 66.9. The number of alkyl halides is 2. The van der Waals surface area contributed by atoms with Crippen molar-refractivity contribution < 1.29 is 66.5 Å². The van der Waals surface area contributed by atoms with Crippen LogP contribution in [-0.4, -0.2) is 139 Å². The number of thiazole rings is 1. The van der Waals surface area contributed by atoms with Crippen LogP contribution in [-0.2, 0) is 52.0 Å². The molecule has 7 atom stereocenters. The lowest BCUT2D eigenvalue weighted by molar-refractivity contribution is -0.150. The quantitative estimate of drug-likeness (QED) is 0.0376. The van der Waals surface area contributed by atoms with E-state index >= 15 is 4.79 Å². The van der Waals surface area contributed by atoms with Crippen LogP contribution in [0.1, 0.15) is 129 Å². The van der Waals surface area contributed by atoms with Crippen molar-refractivity contribution in [2.24, 2.45) is 10.8 Å². The highest BCUT2D eigenvalue weighted by atomic mass is 32.1. The maximum atomic E-state index is 15.3. The smallest absolute Gasteiger partial charge is 0.399 e. The Morgan fingerprint density at radius 3 is 2.16 bits per heavy atom. The van der Waals surface area contributed by atoms with Gasteiger partial charge in [-0.3, -0.25) is 38.1 Å². The van der Waals surface area contributed by atoms with E-state index in [-0.39, 0.29) is 66.7 Å². The average molecular weight is 1300 g/mol. The predicted molar refractivity (Wildman–Crippen MR) is 337 cm³/mol. The molecule has 7 amide bonds. The number of piperidine rings is 1. The number of nitrogens with one attached hydrogen (secondary N) is 4. The summed E-state index contributed by atoms with van der Waals surface area (Å²) in [5.41, 5.74) is -0.162. The SMILES string of the molecule is Cc1ncsc1-c1ccc([C@H](C)NC(=O)[C@@H]2C[C@@H](O)CN2C(=O)[C@@H](NC(=O)CCNC(=O)COc2ccc3c(c2)CN(C(=O)[C@@H](NC(=O)c2cc4cc(C(F)(F)P(=O)(O)O)ccc4s2)C(C)(C)C)[C@H](C(=O)N2CCC[C@H](c4ccccc4)C2)C3)C(C)(C)C)cc1. The highest BCUT2D eigenvalue weighted by Crippen LogP contribution is 2.59. The molecule has 0 bridgehead atoms. The second kappa shape index (κ2) is 27.2. The molecule has 25 heteroatoms. The number of likely N-dealkylation sites (tertiary alicyclic amines) is 2. The third-order valence-electron chi connectivity index (χ3n) is 16.8. The number of carbonyl (C=O) groups excluding carboxylic acids is 7. The van der Waals surface area contributed by atoms with Crippen LogP contribution >= 0.6 is 30.3 Å². The molecule has 0 spiro atoms. The number of halogens is 2. The molecule has 2 fully saturated rings. The summed E-state index contributed by atoms with van der Waals surface area (Å²) in [5.74, 6) is -3.30. The van der Waals surface area contributed by atoms with Crippen molar-refractivity contribution in [3.05, 3.63) is 141 Å². The molecule has 0 radical (unpaired) electrons. The number of aryl methyl sites for hydroxylation is 1. The van der Waals surface area contributed by atoms with Gasteiger partial charge in [-0.05, 0) is 101 Å². The topological polar surface area (TPSA) is 277 Å².